The first-order chi connectivity index (χ1) is 8.63. The van der Waals surface area contributed by atoms with Crippen LogP contribution in [-0.4, -0.2) is 11.0 Å². The molecule has 1 aromatic rings. The molecule has 1 N–H and O–H groups in total. The number of nitro benzene ring substituents is 1. The maximum atomic E-state index is 10.8. The Morgan fingerprint density at radius 3 is 2.78 bits per heavy atom. The first-order valence-electron chi connectivity index (χ1n) is 6.65. The lowest BCUT2D eigenvalue weighted by molar-refractivity contribution is -0.384. The maximum Gasteiger partial charge on any atom is 0.271 e. The van der Waals surface area contributed by atoms with Crippen LogP contribution in [0, 0.1) is 28.9 Å². The number of non-ortho nitro benzene ring substituents is 1. The number of fused-ring (bicyclic) bond motifs is 2. The van der Waals surface area contributed by atoms with E-state index in [1.807, 2.05) is 13.0 Å². The van der Waals surface area contributed by atoms with E-state index < -0.39 is 0 Å². The molecule has 3 rings (SSSR count). The quantitative estimate of drug-likeness (QED) is 0.656. The second-order valence-electron chi connectivity index (χ2n) is 5.68. The van der Waals surface area contributed by atoms with Gasteiger partial charge in [-0.25, -0.2) is 0 Å². The van der Waals surface area contributed by atoms with E-state index in [1.165, 1.54) is 25.7 Å². The van der Waals surface area contributed by atoms with E-state index in [0.29, 0.717) is 6.04 Å². The molecule has 2 fully saturated rings. The minimum atomic E-state index is -0.328. The zero-order valence-electron chi connectivity index (χ0n) is 10.6. The number of nitrogens with one attached hydrogen (secondary N) is 1. The van der Waals surface area contributed by atoms with Crippen molar-refractivity contribution < 1.29 is 4.92 Å². The van der Waals surface area contributed by atoms with Crippen molar-refractivity contribution in [1.82, 2.24) is 0 Å². The Labute approximate surface area is 107 Å². The van der Waals surface area contributed by atoms with Gasteiger partial charge in [-0.1, -0.05) is 12.5 Å². The minimum absolute atomic E-state index is 0.172. The monoisotopic (exact) mass is 246 g/mol. The van der Waals surface area contributed by atoms with E-state index in [9.17, 15) is 10.1 Å². The highest BCUT2D eigenvalue weighted by molar-refractivity contribution is 5.57. The molecule has 1 aromatic carbocycles. The number of anilines is 1. The summed E-state index contributed by atoms with van der Waals surface area (Å²) < 4.78 is 0. The lowest BCUT2D eigenvalue weighted by Crippen LogP contribution is -2.26. The van der Waals surface area contributed by atoms with Crippen LogP contribution in [0.15, 0.2) is 18.2 Å². The van der Waals surface area contributed by atoms with Gasteiger partial charge in [0.15, 0.2) is 0 Å². The van der Waals surface area contributed by atoms with Gasteiger partial charge in [0, 0.05) is 23.9 Å². The van der Waals surface area contributed by atoms with Crippen molar-refractivity contribution in [3.63, 3.8) is 0 Å². The highest BCUT2D eigenvalue weighted by Crippen LogP contribution is 2.45. The second kappa shape index (κ2) is 4.26. The summed E-state index contributed by atoms with van der Waals surface area (Å²) in [7, 11) is 0. The first kappa shape index (κ1) is 11.5. The Morgan fingerprint density at radius 1 is 1.33 bits per heavy atom. The van der Waals surface area contributed by atoms with Crippen LogP contribution in [0.1, 0.15) is 31.2 Å². The van der Waals surface area contributed by atoms with Crippen LogP contribution in [0.2, 0.25) is 0 Å². The number of hydrogen-bond donors (Lipinski definition) is 1. The molecule has 3 atom stereocenters. The number of aryl methyl sites for hydroxylation is 1. The van der Waals surface area contributed by atoms with Crippen LogP contribution < -0.4 is 5.32 Å². The Kier molecular flexibility index (Phi) is 2.73. The summed E-state index contributed by atoms with van der Waals surface area (Å²) in [5, 5.41) is 14.3. The average molecular weight is 246 g/mol. The Balaban J connectivity index is 1.79. The molecule has 0 radical (unpaired) electrons. The fourth-order valence-electron chi connectivity index (χ4n) is 3.50. The average Bonchev–Trinajstić information content (AvgIpc) is 2.93. The Morgan fingerprint density at radius 2 is 2.17 bits per heavy atom. The Bertz CT molecular complexity index is 487. The van der Waals surface area contributed by atoms with Gasteiger partial charge in [0.05, 0.1) is 4.92 Å². The van der Waals surface area contributed by atoms with Crippen LogP contribution in [-0.2, 0) is 0 Å². The first-order valence-corrected chi connectivity index (χ1v) is 6.65. The standard InChI is InChI=1S/C14H18N2O2/c1-9-2-5-12(16(17)18)8-13(9)15-14-7-10-3-4-11(14)6-10/h2,5,8,10-11,14-15H,3-4,6-7H2,1H3. The number of nitrogens with zero attached hydrogens (tertiary/aromatic N) is 1. The van der Waals surface area contributed by atoms with Gasteiger partial charge in [0.25, 0.3) is 5.69 Å². The molecule has 0 aliphatic heterocycles. The molecule has 2 saturated carbocycles. The van der Waals surface area contributed by atoms with Gasteiger partial charge < -0.3 is 5.32 Å². The molecule has 2 aliphatic rings. The van der Waals surface area contributed by atoms with Gasteiger partial charge in [0.1, 0.15) is 0 Å². The van der Waals surface area contributed by atoms with Gasteiger partial charge in [-0.15, -0.1) is 0 Å². The van der Waals surface area contributed by atoms with Crippen molar-refractivity contribution in [3.8, 4) is 0 Å². The fraction of sp³-hybridized carbons (Fsp3) is 0.571. The van der Waals surface area contributed by atoms with E-state index in [-0.39, 0.29) is 10.6 Å². The molecule has 4 heteroatoms. The molecule has 0 saturated heterocycles. The van der Waals surface area contributed by atoms with Crippen LogP contribution in [0.3, 0.4) is 0 Å². The molecule has 96 valence electrons. The molecule has 0 spiro atoms. The second-order valence-corrected chi connectivity index (χ2v) is 5.68. The molecule has 18 heavy (non-hydrogen) atoms. The lowest BCUT2D eigenvalue weighted by Gasteiger charge is -2.24. The van der Waals surface area contributed by atoms with Crippen LogP contribution in [0.5, 0.6) is 0 Å². The molecule has 0 heterocycles. The van der Waals surface area contributed by atoms with E-state index >= 15 is 0 Å². The van der Waals surface area contributed by atoms with E-state index in [1.54, 1.807) is 12.1 Å². The van der Waals surface area contributed by atoms with Crippen LogP contribution in [0.25, 0.3) is 0 Å². The van der Waals surface area contributed by atoms with E-state index in [0.717, 1.165) is 23.1 Å². The Hall–Kier alpha value is -1.58. The number of benzene rings is 1. The number of rotatable bonds is 3. The molecule has 2 aliphatic carbocycles. The molecule has 3 unspecified atom stereocenters. The third-order valence-electron chi connectivity index (χ3n) is 4.51. The molecule has 0 amide bonds. The molecule has 4 nitrogen and oxygen atoms in total. The summed E-state index contributed by atoms with van der Waals surface area (Å²) in [6.07, 6.45) is 5.26. The minimum Gasteiger partial charge on any atom is -0.382 e. The van der Waals surface area contributed by atoms with Crippen LogP contribution in [0.4, 0.5) is 11.4 Å². The fourth-order valence-corrected chi connectivity index (χ4v) is 3.50. The smallest absolute Gasteiger partial charge is 0.271 e. The van der Waals surface area contributed by atoms with Gasteiger partial charge in [-0.3, -0.25) is 10.1 Å². The third kappa shape index (κ3) is 1.96. The number of nitro groups is 1. The van der Waals surface area contributed by atoms with Gasteiger partial charge in [0.2, 0.25) is 0 Å². The van der Waals surface area contributed by atoms with E-state index in [4.69, 9.17) is 0 Å². The summed E-state index contributed by atoms with van der Waals surface area (Å²) in [6.45, 7) is 2.00. The third-order valence-corrected chi connectivity index (χ3v) is 4.51. The lowest BCUT2D eigenvalue weighted by atomic mass is 9.95. The van der Waals surface area contributed by atoms with Crippen molar-refractivity contribution >= 4 is 11.4 Å². The van der Waals surface area contributed by atoms with Crippen LogP contribution >= 0.6 is 0 Å². The van der Waals surface area contributed by atoms with Crippen molar-refractivity contribution in [2.75, 3.05) is 5.32 Å². The van der Waals surface area contributed by atoms with Crippen molar-refractivity contribution in [1.29, 1.82) is 0 Å². The highest BCUT2D eigenvalue weighted by atomic mass is 16.6. The van der Waals surface area contributed by atoms with Gasteiger partial charge in [-0.05, 0) is 43.6 Å². The summed E-state index contributed by atoms with van der Waals surface area (Å²) >= 11 is 0. The summed E-state index contributed by atoms with van der Waals surface area (Å²) in [5.74, 6) is 1.65. The molecular formula is C14H18N2O2. The summed E-state index contributed by atoms with van der Waals surface area (Å²) in [4.78, 5) is 10.5. The SMILES string of the molecule is Cc1ccc([N+](=O)[O-])cc1NC1CC2CCC1C2. The zero-order chi connectivity index (χ0) is 12.7. The number of hydrogen-bond acceptors (Lipinski definition) is 3. The van der Waals surface area contributed by atoms with E-state index in [2.05, 4.69) is 5.32 Å². The molecular weight excluding hydrogens is 228 g/mol. The predicted octanol–water partition coefficient (Wildman–Crippen LogP) is 3.50. The molecule has 0 aromatic heterocycles. The van der Waals surface area contributed by atoms with Gasteiger partial charge in [-0.2, -0.15) is 0 Å². The summed E-state index contributed by atoms with van der Waals surface area (Å²) in [6, 6.07) is 5.58. The summed E-state index contributed by atoms with van der Waals surface area (Å²) in [5.41, 5.74) is 2.19. The van der Waals surface area contributed by atoms with Crippen molar-refractivity contribution in [2.45, 2.75) is 38.6 Å². The normalized spacial score (nSPS) is 29.5. The topological polar surface area (TPSA) is 55.2 Å². The predicted molar refractivity (Wildman–Crippen MR) is 70.7 cm³/mol. The van der Waals surface area contributed by atoms with Crippen molar-refractivity contribution in [3.05, 3.63) is 33.9 Å². The highest BCUT2D eigenvalue weighted by Gasteiger charge is 2.39. The van der Waals surface area contributed by atoms with Crippen molar-refractivity contribution in [2.24, 2.45) is 11.8 Å². The maximum absolute atomic E-state index is 10.8. The van der Waals surface area contributed by atoms with Gasteiger partial charge >= 0.3 is 0 Å². The zero-order valence-corrected chi connectivity index (χ0v) is 10.6. The molecule has 2 bridgehead atoms. The largest absolute Gasteiger partial charge is 0.382 e.